The number of rotatable bonds is 0. The predicted molar refractivity (Wildman–Crippen MR) is 63.2 cm³/mol. The molecule has 0 aliphatic heterocycles. The lowest BCUT2D eigenvalue weighted by atomic mass is 9.64. The van der Waals surface area contributed by atoms with Gasteiger partial charge in [0, 0.05) is 11.8 Å². The molecule has 0 spiro atoms. The molecule has 2 aliphatic rings. The number of benzene rings is 1. The lowest BCUT2D eigenvalue weighted by molar-refractivity contribution is -0.241. The maximum absolute atomic E-state index is 10.0. The Morgan fingerprint density at radius 1 is 1.06 bits per heavy atom. The Balaban J connectivity index is 2.24. The first-order valence-corrected chi connectivity index (χ1v) is 5.41. The van der Waals surface area contributed by atoms with Crippen molar-refractivity contribution >= 4 is 19.2 Å². The van der Waals surface area contributed by atoms with Crippen LogP contribution in [-0.2, 0) is 0 Å². The van der Waals surface area contributed by atoms with E-state index in [9.17, 15) is 15.3 Å². The highest BCUT2D eigenvalue weighted by Gasteiger charge is 2.65. The normalized spacial score (nSPS) is 37.1. The van der Waals surface area contributed by atoms with Crippen molar-refractivity contribution in [2.75, 3.05) is 11.5 Å². The van der Waals surface area contributed by atoms with Crippen LogP contribution in [0.3, 0.4) is 0 Å². The number of hydrogen-bond donors (Lipinski definition) is 5. The van der Waals surface area contributed by atoms with Gasteiger partial charge in [0.1, 0.15) is 7.85 Å². The van der Waals surface area contributed by atoms with Crippen LogP contribution in [-0.4, -0.2) is 34.5 Å². The van der Waals surface area contributed by atoms with Gasteiger partial charge in [-0.3, -0.25) is 0 Å². The SMILES string of the molecule is [B]C1(O)C2CC(c3cc(N)c(N)cc32)C1(O)O. The fourth-order valence-corrected chi connectivity index (χ4v) is 3.10. The van der Waals surface area contributed by atoms with Crippen molar-refractivity contribution in [3.63, 3.8) is 0 Å². The first kappa shape index (κ1) is 10.9. The fraction of sp³-hybridized carbons (Fsp3) is 0.455. The third kappa shape index (κ3) is 1.05. The van der Waals surface area contributed by atoms with Crippen molar-refractivity contribution in [3.8, 4) is 0 Å². The zero-order valence-electron chi connectivity index (χ0n) is 9.09. The van der Waals surface area contributed by atoms with Gasteiger partial charge in [-0.15, -0.1) is 0 Å². The van der Waals surface area contributed by atoms with Crippen molar-refractivity contribution < 1.29 is 15.3 Å². The van der Waals surface area contributed by atoms with E-state index in [2.05, 4.69) is 0 Å². The number of fused-ring (bicyclic) bond motifs is 5. The molecule has 5 nitrogen and oxygen atoms in total. The summed E-state index contributed by atoms with van der Waals surface area (Å²) in [7, 11) is 5.63. The summed E-state index contributed by atoms with van der Waals surface area (Å²) in [5.41, 5.74) is 11.6. The standard InChI is InChI=1S/C11H13BN2O3/c12-10(15)6-3-7(11(10,16)17)5-2-9(14)8(13)1-4(5)6/h1-2,6-7,15-17H,3,13-14H2. The molecule has 3 rings (SSSR count). The minimum Gasteiger partial charge on any atom is -0.397 e. The first-order valence-electron chi connectivity index (χ1n) is 5.41. The van der Waals surface area contributed by atoms with Gasteiger partial charge in [-0.2, -0.15) is 0 Å². The molecule has 1 aromatic carbocycles. The van der Waals surface area contributed by atoms with Gasteiger partial charge in [-0.05, 0) is 29.7 Å². The van der Waals surface area contributed by atoms with Crippen molar-refractivity contribution in [2.45, 2.75) is 29.5 Å². The van der Waals surface area contributed by atoms with E-state index in [0.717, 1.165) is 5.56 Å². The summed E-state index contributed by atoms with van der Waals surface area (Å²) < 4.78 is 0. The van der Waals surface area contributed by atoms with Crippen molar-refractivity contribution in [2.24, 2.45) is 0 Å². The summed E-state index contributed by atoms with van der Waals surface area (Å²) in [6.07, 6.45) is 0.387. The van der Waals surface area contributed by atoms with Crippen molar-refractivity contribution in [1.29, 1.82) is 0 Å². The molecule has 1 aromatic rings. The third-order valence-electron chi connectivity index (χ3n) is 4.12. The summed E-state index contributed by atoms with van der Waals surface area (Å²) in [6.45, 7) is 0. The third-order valence-corrected chi connectivity index (χ3v) is 4.12. The summed E-state index contributed by atoms with van der Waals surface area (Å²) >= 11 is 0. The van der Waals surface area contributed by atoms with E-state index in [1.807, 2.05) is 0 Å². The fourth-order valence-electron chi connectivity index (χ4n) is 3.10. The van der Waals surface area contributed by atoms with E-state index in [1.165, 1.54) is 0 Å². The van der Waals surface area contributed by atoms with E-state index in [0.29, 0.717) is 23.4 Å². The van der Waals surface area contributed by atoms with Crippen LogP contribution in [0.2, 0.25) is 0 Å². The largest absolute Gasteiger partial charge is 0.397 e. The second-order valence-corrected chi connectivity index (χ2v) is 5.00. The van der Waals surface area contributed by atoms with Crippen LogP contribution in [0.4, 0.5) is 11.4 Å². The van der Waals surface area contributed by atoms with Gasteiger partial charge in [-0.25, -0.2) is 0 Å². The number of nitrogen functional groups attached to an aromatic ring is 2. The van der Waals surface area contributed by atoms with Gasteiger partial charge >= 0.3 is 0 Å². The number of aliphatic hydroxyl groups is 3. The molecular weight excluding hydrogens is 219 g/mol. The number of hydrogen-bond acceptors (Lipinski definition) is 5. The van der Waals surface area contributed by atoms with Crippen molar-refractivity contribution in [3.05, 3.63) is 23.3 Å². The highest BCUT2D eigenvalue weighted by Crippen LogP contribution is 2.61. The van der Waals surface area contributed by atoms with Gasteiger partial charge in [-0.1, -0.05) is 0 Å². The summed E-state index contributed by atoms with van der Waals surface area (Å²) in [4.78, 5) is 0. The molecule has 6 heteroatoms. The average molecular weight is 232 g/mol. The van der Waals surface area contributed by atoms with Gasteiger partial charge in [0.25, 0.3) is 0 Å². The number of anilines is 2. The van der Waals surface area contributed by atoms with Crippen LogP contribution in [0, 0.1) is 0 Å². The molecule has 17 heavy (non-hydrogen) atoms. The molecule has 0 saturated heterocycles. The Labute approximate surface area is 99.5 Å². The second kappa shape index (κ2) is 2.77. The van der Waals surface area contributed by atoms with E-state index < -0.39 is 23.1 Å². The van der Waals surface area contributed by atoms with Crippen LogP contribution in [0.1, 0.15) is 29.4 Å². The first-order chi connectivity index (χ1) is 7.76. The second-order valence-electron chi connectivity index (χ2n) is 5.00. The maximum atomic E-state index is 10.0. The summed E-state index contributed by atoms with van der Waals surface area (Å²) in [6, 6.07) is 3.29. The molecule has 3 atom stereocenters. The van der Waals surface area contributed by atoms with E-state index in [-0.39, 0.29) is 0 Å². The zero-order valence-corrected chi connectivity index (χ0v) is 9.09. The Morgan fingerprint density at radius 3 is 2.06 bits per heavy atom. The summed E-state index contributed by atoms with van der Waals surface area (Å²) in [5.74, 6) is -3.48. The number of nitrogens with two attached hydrogens (primary N) is 2. The van der Waals surface area contributed by atoms with E-state index in [4.69, 9.17) is 19.3 Å². The monoisotopic (exact) mass is 232 g/mol. The molecule has 1 fully saturated rings. The van der Waals surface area contributed by atoms with Crippen LogP contribution < -0.4 is 11.5 Å². The highest BCUT2D eigenvalue weighted by atomic mass is 16.5. The minimum atomic E-state index is -2.33. The molecule has 0 aromatic heterocycles. The lowest BCUT2D eigenvalue weighted by Gasteiger charge is -2.42. The Kier molecular flexibility index (Phi) is 1.78. The lowest BCUT2D eigenvalue weighted by Crippen LogP contribution is -2.57. The molecule has 2 aliphatic carbocycles. The van der Waals surface area contributed by atoms with Crippen molar-refractivity contribution in [1.82, 2.24) is 0 Å². The van der Waals surface area contributed by atoms with Gasteiger partial charge in [0.05, 0.1) is 16.9 Å². The van der Waals surface area contributed by atoms with Crippen LogP contribution in [0.5, 0.6) is 0 Å². The maximum Gasteiger partial charge on any atom is 0.190 e. The minimum absolute atomic E-state index is 0.387. The van der Waals surface area contributed by atoms with Gasteiger partial charge in [0.15, 0.2) is 5.79 Å². The molecule has 0 amide bonds. The summed E-state index contributed by atoms with van der Waals surface area (Å²) in [5, 5.41) is 29.9. The molecule has 0 heterocycles. The molecular formula is C11H13BN2O3. The van der Waals surface area contributed by atoms with Gasteiger partial charge in [0.2, 0.25) is 0 Å². The molecule has 88 valence electrons. The Morgan fingerprint density at radius 2 is 1.53 bits per heavy atom. The Bertz CT molecular complexity index is 471. The molecule has 7 N–H and O–H groups in total. The molecule has 3 unspecified atom stereocenters. The molecule has 2 radical (unpaired) electrons. The molecule has 1 saturated carbocycles. The highest BCUT2D eigenvalue weighted by molar-refractivity contribution is 6.16. The van der Waals surface area contributed by atoms with E-state index in [1.54, 1.807) is 12.1 Å². The van der Waals surface area contributed by atoms with Crippen LogP contribution in [0.25, 0.3) is 0 Å². The predicted octanol–water partition coefficient (Wildman–Crippen LogP) is -1.03. The van der Waals surface area contributed by atoms with Crippen LogP contribution in [0.15, 0.2) is 12.1 Å². The van der Waals surface area contributed by atoms with Gasteiger partial charge < -0.3 is 26.8 Å². The van der Waals surface area contributed by atoms with Crippen LogP contribution >= 0.6 is 0 Å². The quantitative estimate of drug-likeness (QED) is 0.223. The smallest absolute Gasteiger partial charge is 0.190 e. The zero-order chi connectivity index (χ0) is 12.6. The molecule has 2 bridgehead atoms. The average Bonchev–Trinajstić information content (AvgIpc) is 2.64. The topological polar surface area (TPSA) is 113 Å². The van der Waals surface area contributed by atoms with E-state index >= 15 is 0 Å². The Hall–Kier alpha value is -1.24.